The number of hydrogen-bond donors (Lipinski definition) is 0. The van der Waals surface area contributed by atoms with Crippen LogP contribution in [0.3, 0.4) is 0 Å². The first kappa shape index (κ1) is 10.9. The Bertz CT molecular complexity index is 183. The molecule has 0 spiro atoms. The van der Waals surface area contributed by atoms with Gasteiger partial charge in [0.2, 0.25) is 0 Å². The predicted molar refractivity (Wildman–Crippen MR) is 46.3 cm³/mol. The summed E-state index contributed by atoms with van der Waals surface area (Å²) in [6.45, 7) is 5.03. The monoisotopic (exact) mass is 194 g/mol. The standard InChI is InChI=1S/C10H17F3/c1-4-5-8-6-7(2)9(8,3)10(11,12)13/h7-8H,4-6H2,1-3H3/t7?,8?,9-/m0/s1. The number of halogens is 3. The minimum absolute atomic E-state index is 0.146. The SMILES string of the molecule is CCCC1CC(C)[C@]1(C)C(F)(F)F. The maximum absolute atomic E-state index is 12.7. The molecule has 0 nitrogen and oxygen atoms in total. The van der Waals surface area contributed by atoms with Crippen LogP contribution in [0.1, 0.15) is 40.0 Å². The van der Waals surface area contributed by atoms with Crippen LogP contribution in [0.15, 0.2) is 0 Å². The van der Waals surface area contributed by atoms with Gasteiger partial charge in [-0.1, -0.05) is 27.2 Å². The van der Waals surface area contributed by atoms with Gasteiger partial charge in [-0.3, -0.25) is 0 Å². The van der Waals surface area contributed by atoms with E-state index in [2.05, 4.69) is 0 Å². The Kier molecular flexibility index (Phi) is 2.65. The zero-order valence-corrected chi connectivity index (χ0v) is 8.41. The smallest absolute Gasteiger partial charge is 0.170 e. The van der Waals surface area contributed by atoms with Crippen LogP contribution in [0, 0.1) is 17.3 Å². The molecular weight excluding hydrogens is 177 g/mol. The molecule has 1 fully saturated rings. The first-order valence-electron chi connectivity index (χ1n) is 4.90. The first-order valence-corrected chi connectivity index (χ1v) is 4.90. The minimum atomic E-state index is -4.02. The summed E-state index contributed by atoms with van der Waals surface area (Å²) >= 11 is 0. The Balaban J connectivity index is 2.74. The molecule has 0 heterocycles. The van der Waals surface area contributed by atoms with E-state index in [0.717, 1.165) is 12.8 Å². The lowest BCUT2D eigenvalue weighted by Gasteiger charge is -2.53. The molecule has 1 aliphatic rings. The number of alkyl halides is 3. The van der Waals surface area contributed by atoms with Crippen molar-refractivity contribution in [3.8, 4) is 0 Å². The molecule has 0 radical (unpaired) electrons. The van der Waals surface area contributed by atoms with Crippen molar-refractivity contribution in [3.63, 3.8) is 0 Å². The zero-order chi connectivity index (χ0) is 10.3. The molecule has 0 saturated heterocycles. The average Bonchev–Trinajstić information content (AvgIpc) is 2.01. The third-order valence-corrected chi connectivity index (χ3v) is 3.76. The summed E-state index contributed by atoms with van der Waals surface area (Å²) < 4.78 is 38.1. The summed E-state index contributed by atoms with van der Waals surface area (Å²) in [6, 6.07) is 0. The molecule has 0 N–H and O–H groups in total. The second-order valence-electron chi connectivity index (χ2n) is 4.40. The van der Waals surface area contributed by atoms with E-state index >= 15 is 0 Å². The second kappa shape index (κ2) is 3.18. The molecule has 0 aromatic heterocycles. The summed E-state index contributed by atoms with van der Waals surface area (Å²) in [5.41, 5.74) is -1.41. The molecule has 0 aromatic carbocycles. The maximum atomic E-state index is 12.7. The van der Waals surface area contributed by atoms with Crippen LogP contribution in [0.4, 0.5) is 13.2 Å². The van der Waals surface area contributed by atoms with Crippen molar-refractivity contribution in [2.24, 2.45) is 17.3 Å². The van der Waals surface area contributed by atoms with Gasteiger partial charge in [0.25, 0.3) is 0 Å². The fraction of sp³-hybridized carbons (Fsp3) is 1.00. The van der Waals surface area contributed by atoms with Crippen molar-refractivity contribution >= 4 is 0 Å². The maximum Gasteiger partial charge on any atom is 0.394 e. The molecule has 0 amide bonds. The number of rotatable bonds is 2. The minimum Gasteiger partial charge on any atom is -0.170 e. The van der Waals surface area contributed by atoms with Gasteiger partial charge in [0, 0.05) is 0 Å². The summed E-state index contributed by atoms with van der Waals surface area (Å²) in [4.78, 5) is 0. The van der Waals surface area contributed by atoms with Gasteiger partial charge in [-0.05, 0) is 24.7 Å². The molecular formula is C10H17F3. The van der Waals surface area contributed by atoms with Gasteiger partial charge in [0.15, 0.2) is 0 Å². The Hall–Kier alpha value is -0.210. The highest BCUT2D eigenvalue weighted by Gasteiger charge is 2.64. The quantitative estimate of drug-likeness (QED) is 0.623. The van der Waals surface area contributed by atoms with Gasteiger partial charge >= 0.3 is 6.18 Å². The second-order valence-corrected chi connectivity index (χ2v) is 4.40. The Morgan fingerprint density at radius 3 is 2.23 bits per heavy atom. The van der Waals surface area contributed by atoms with Crippen LogP contribution >= 0.6 is 0 Å². The summed E-state index contributed by atoms with van der Waals surface area (Å²) in [5.74, 6) is -0.350. The summed E-state index contributed by atoms with van der Waals surface area (Å²) in [6.07, 6.45) is -1.72. The van der Waals surface area contributed by atoms with Crippen molar-refractivity contribution in [2.45, 2.75) is 46.2 Å². The van der Waals surface area contributed by atoms with Crippen molar-refractivity contribution in [3.05, 3.63) is 0 Å². The lowest BCUT2D eigenvalue weighted by molar-refractivity contribution is -0.291. The number of hydrogen-bond acceptors (Lipinski definition) is 0. The average molecular weight is 194 g/mol. The third-order valence-electron chi connectivity index (χ3n) is 3.76. The van der Waals surface area contributed by atoms with Crippen molar-refractivity contribution < 1.29 is 13.2 Å². The Labute approximate surface area is 77.5 Å². The van der Waals surface area contributed by atoms with Crippen molar-refractivity contribution in [1.82, 2.24) is 0 Å². The van der Waals surface area contributed by atoms with Gasteiger partial charge in [-0.2, -0.15) is 13.2 Å². The van der Waals surface area contributed by atoms with E-state index < -0.39 is 11.6 Å². The van der Waals surface area contributed by atoms with Crippen LogP contribution in [0.25, 0.3) is 0 Å². The van der Waals surface area contributed by atoms with Gasteiger partial charge < -0.3 is 0 Å². The van der Waals surface area contributed by atoms with Crippen LogP contribution in [0.2, 0.25) is 0 Å². The van der Waals surface area contributed by atoms with Crippen molar-refractivity contribution in [2.75, 3.05) is 0 Å². The van der Waals surface area contributed by atoms with E-state index in [-0.39, 0.29) is 11.8 Å². The van der Waals surface area contributed by atoms with Crippen molar-refractivity contribution in [1.29, 1.82) is 0 Å². The molecule has 3 heteroatoms. The van der Waals surface area contributed by atoms with E-state index in [1.165, 1.54) is 6.92 Å². The summed E-state index contributed by atoms with van der Waals surface area (Å²) in [5, 5.41) is 0. The van der Waals surface area contributed by atoms with E-state index in [4.69, 9.17) is 0 Å². The Morgan fingerprint density at radius 2 is 1.92 bits per heavy atom. The molecule has 2 unspecified atom stereocenters. The lowest BCUT2D eigenvalue weighted by Crippen LogP contribution is -2.55. The highest BCUT2D eigenvalue weighted by Crippen LogP contribution is 2.61. The van der Waals surface area contributed by atoms with Gasteiger partial charge in [0.1, 0.15) is 0 Å². The third kappa shape index (κ3) is 1.46. The molecule has 3 atom stereocenters. The Morgan fingerprint density at radius 1 is 1.38 bits per heavy atom. The first-order chi connectivity index (χ1) is 5.84. The van der Waals surface area contributed by atoms with Crippen LogP contribution < -0.4 is 0 Å². The normalized spacial score (nSPS) is 40.2. The molecule has 0 aromatic rings. The fourth-order valence-corrected chi connectivity index (χ4v) is 2.44. The highest BCUT2D eigenvalue weighted by atomic mass is 19.4. The molecule has 13 heavy (non-hydrogen) atoms. The molecule has 0 bridgehead atoms. The van der Waals surface area contributed by atoms with E-state index in [0.29, 0.717) is 6.42 Å². The van der Waals surface area contributed by atoms with E-state index in [1.807, 2.05) is 6.92 Å². The van der Waals surface area contributed by atoms with Crippen LogP contribution in [0.5, 0.6) is 0 Å². The largest absolute Gasteiger partial charge is 0.394 e. The fourth-order valence-electron chi connectivity index (χ4n) is 2.44. The molecule has 1 rings (SSSR count). The molecule has 0 aliphatic heterocycles. The van der Waals surface area contributed by atoms with Crippen LogP contribution in [-0.4, -0.2) is 6.18 Å². The topological polar surface area (TPSA) is 0 Å². The zero-order valence-electron chi connectivity index (χ0n) is 8.41. The molecule has 78 valence electrons. The van der Waals surface area contributed by atoms with E-state index in [9.17, 15) is 13.2 Å². The van der Waals surface area contributed by atoms with Gasteiger partial charge in [-0.15, -0.1) is 0 Å². The highest BCUT2D eigenvalue weighted by molar-refractivity contribution is 5.01. The van der Waals surface area contributed by atoms with E-state index in [1.54, 1.807) is 6.92 Å². The molecule has 1 aliphatic carbocycles. The van der Waals surface area contributed by atoms with Gasteiger partial charge in [-0.25, -0.2) is 0 Å². The molecule has 1 saturated carbocycles. The van der Waals surface area contributed by atoms with Gasteiger partial charge in [0.05, 0.1) is 5.41 Å². The lowest BCUT2D eigenvalue weighted by atomic mass is 9.53. The predicted octanol–water partition coefficient (Wildman–Crippen LogP) is 4.01. The van der Waals surface area contributed by atoms with Crippen LogP contribution in [-0.2, 0) is 0 Å². The summed E-state index contributed by atoms with van der Waals surface area (Å²) in [7, 11) is 0.